The Morgan fingerprint density at radius 3 is 2.19 bits per heavy atom. The van der Waals surface area contributed by atoms with Crippen molar-refractivity contribution in [3.63, 3.8) is 0 Å². The van der Waals surface area contributed by atoms with Crippen LogP contribution in [0.3, 0.4) is 0 Å². The number of aromatic carboxylic acids is 1. The number of rotatable bonds is 7. The molecule has 10 heteroatoms. The number of thiocarbonyl (C=S) groups is 1. The molecule has 0 unspecified atom stereocenters. The predicted octanol–water partition coefficient (Wildman–Crippen LogP) is 1.91. The van der Waals surface area contributed by atoms with Crippen molar-refractivity contribution in [1.29, 1.82) is 0 Å². The van der Waals surface area contributed by atoms with E-state index in [1.807, 2.05) is 0 Å². The SMILES string of the molecule is O=C([O-])CCN1C(=O)/C(=C/c2ccc(-c3ccc(-c4ccc(C(=O)[O-])o4)cc3)o2)SC1=S. The number of carboxylic acid groups (broad SMARTS) is 2. The molecule has 8 nitrogen and oxygen atoms in total. The Bertz CT molecular complexity index is 1250. The number of carbonyl (C=O) groups excluding carboxylic acids is 3. The number of thioether (sulfide) groups is 1. The van der Waals surface area contributed by atoms with Crippen LogP contribution in [0.1, 0.15) is 22.7 Å². The lowest BCUT2D eigenvalue weighted by atomic mass is 10.1. The number of amides is 1. The quantitative estimate of drug-likeness (QED) is 0.378. The van der Waals surface area contributed by atoms with Crippen LogP contribution in [-0.4, -0.2) is 33.6 Å². The van der Waals surface area contributed by atoms with Crippen molar-refractivity contribution in [3.8, 4) is 22.6 Å². The average molecular weight is 467 g/mol. The average Bonchev–Trinajstić information content (AvgIpc) is 3.48. The number of nitrogens with zero attached hydrogens (tertiary/aromatic N) is 1. The maximum atomic E-state index is 12.5. The molecule has 1 saturated heterocycles. The summed E-state index contributed by atoms with van der Waals surface area (Å²) < 4.78 is 11.3. The van der Waals surface area contributed by atoms with E-state index < -0.39 is 11.9 Å². The Kier molecular flexibility index (Phi) is 5.97. The number of benzene rings is 1. The van der Waals surface area contributed by atoms with Gasteiger partial charge in [0.2, 0.25) is 0 Å². The highest BCUT2D eigenvalue weighted by molar-refractivity contribution is 8.26. The third-order valence-electron chi connectivity index (χ3n) is 4.57. The van der Waals surface area contributed by atoms with Crippen molar-refractivity contribution < 1.29 is 33.4 Å². The van der Waals surface area contributed by atoms with Gasteiger partial charge in [-0.25, -0.2) is 0 Å². The minimum absolute atomic E-state index is 0.0414. The molecule has 2 aromatic heterocycles. The van der Waals surface area contributed by atoms with E-state index in [9.17, 15) is 24.6 Å². The molecule has 0 saturated carbocycles. The van der Waals surface area contributed by atoms with Crippen molar-refractivity contribution >= 4 is 52.2 Å². The lowest BCUT2D eigenvalue weighted by Gasteiger charge is -2.14. The Morgan fingerprint density at radius 1 is 0.969 bits per heavy atom. The predicted molar refractivity (Wildman–Crippen MR) is 116 cm³/mol. The molecule has 1 amide bonds. The highest BCUT2D eigenvalue weighted by Crippen LogP contribution is 2.34. The van der Waals surface area contributed by atoms with Crippen molar-refractivity contribution in [1.82, 2.24) is 4.90 Å². The standard InChI is InChI=1S/C22H15NO7S2/c24-19(25)9-10-23-20(26)18(32-22(23)31)11-14-5-6-15(29-14)12-1-3-13(4-2-12)16-7-8-17(30-16)21(27)28/h1-8,11H,9-10H2,(H,24,25)(H,27,28)/p-2/b18-11-. The topological polar surface area (TPSA) is 127 Å². The molecule has 0 aliphatic carbocycles. The van der Waals surface area contributed by atoms with Gasteiger partial charge in [0, 0.05) is 36.1 Å². The molecule has 0 spiro atoms. The fourth-order valence-electron chi connectivity index (χ4n) is 3.01. The largest absolute Gasteiger partial charge is 0.550 e. The number of hydrogen-bond acceptors (Lipinski definition) is 9. The molecular formula is C22H13NO7S2-2. The van der Waals surface area contributed by atoms with Crippen LogP contribution in [0.5, 0.6) is 0 Å². The van der Waals surface area contributed by atoms with Gasteiger partial charge in [0.15, 0.2) is 0 Å². The van der Waals surface area contributed by atoms with Crippen molar-refractivity contribution in [2.75, 3.05) is 6.54 Å². The van der Waals surface area contributed by atoms with Crippen LogP contribution in [0.2, 0.25) is 0 Å². The van der Waals surface area contributed by atoms with E-state index in [4.69, 9.17) is 21.1 Å². The number of hydrogen-bond donors (Lipinski definition) is 0. The Labute approximate surface area is 191 Å². The Hall–Kier alpha value is -3.63. The van der Waals surface area contributed by atoms with Crippen molar-refractivity contribution in [2.45, 2.75) is 6.42 Å². The second kappa shape index (κ2) is 8.85. The van der Waals surface area contributed by atoms with Gasteiger partial charge in [-0.05, 0) is 24.3 Å². The van der Waals surface area contributed by atoms with E-state index in [-0.39, 0.29) is 29.0 Å². The van der Waals surface area contributed by atoms with E-state index in [2.05, 4.69) is 0 Å². The highest BCUT2D eigenvalue weighted by atomic mass is 32.2. The first-order valence-electron chi connectivity index (χ1n) is 9.29. The van der Waals surface area contributed by atoms with Crippen LogP contribution < -0.4 is 10.2 Å². The molecule has 0 N–H and O–H groups in total. The Balaban J connectivity index is 1.49. The van der Waals surface area contributed by atoms with Crippen LogP contribution in [-0.2, 0) is 9.59 Å². The van der Waals surface area contributed by atoms with E-state index in [0.717, 1.165) is 17.3 Å². The fraction of sp³-hybridized carbons (Fsp3) is 0.0909. The van der Waals surface area contributed by atoms with Gasteiger partial charge >= 0.3 is 0 Å². The molecule has 3 aromatic rings. The van der Waals surface area contributed by atoms with Gasteiger partial charge in [-0.2, -0.15) is 0 Å². The van der Waals surface area contributed by atoms with Gasteiger partial charge < -0.3 is 28.6 Å². The van der Waals surface area contributed by atoms with E-state index in [1.54, 1.807) is 48.5 Å². The molecule has 3 heterocycles. The normalized spacial score (nSPS) is 15.0. The van der Waals surface area contributed by atoms with Crippen LogP contribution in [0.25, 0.3) is 28.7 Å². The highest BCUT2D eigenvalue weighted by Gasteiger charge is 2.31. The molecule has 0 bridgehead atoms. The Morgan fingerprint density at radius 2 is 1.59 bits per heavy atom. The van der Waals surface area contributed by atoms with Gasteiger partial charge in [-0.15, -0.1) is 0 Å². The molecule has 162 valence electrons. The lowest BCUT2D eigenvalue weighted by molar-refractivity contribution is -0.305. The molecule has 1 aliphatic heterocycles. The minimum Gasteiger partial charge on any atom is -0.550 e. The molecule has 1 fully saturated rings. The number of carboxylic acids is 2. The summed E-state index contributed by atoms with van der Waals surface area (Å²) >= 11 is 6.23. The van der Waals surface area contributed by atoms with Gasteiger partial charge in [-0.1, -0.05) is 48.2 Å². The first-order chi connectivity index (χ1) is 15.3. The summed E-state index contributed by atoms with van der Waals surface area (Å²) in [7, 11) is 0. The van der Waals surface area contributed by atoms with Gasteiger partial charge in [0.1, 0.15) is 33.3 Å². The first-order valence-corrected chi connectivity index (χ1v) is 10.5. The third kappa shape index (κ3) is 4.51. The molecule has 4 rings (SSSR count). The summed E-state index contributed by atoms with van der Waals surface area (Å²) in [5, 5.41) is 21.5. The summed E-state index contributed by atoms with van der Waals surface area (Å²) in [5.74, 6) is -1.86. The third-order valence-corrected chi connectivity index (χ3v) is 5.95. The zero-order chi connectivity index (χ0) is 22.8. The number of furan rings is 2. The maximum absolute atomic E-state index is 12.5. The van der Waals surface area contributed by atoms with E-state index in [1.165, 1.54) is 11.0 Å². The minimum atomic E-state index is -1.38. The number of aliphatic carboxylic acids is 1. The molecular weight excluding hydrogens is 454 g/mol. The van der Waals surface area contributed by atoms with Gasteiger partial charge in [0.25, 0.3) is 5.91 Å². The zero-order valence-electron chi connectivity index (χ0n) is 16.2. The van der Waals surface area contributed by atoms with E-state index in [0.29, 0.717) is 27.7 Å². The monoisotopic (exact) mass is 467 g/mol. The fourth-order valence-corrected chi connectivity index (χ4v) is 4.30. The smallest absolute Gasteiger partial charge is 0.266 e. The summed E-state index contributed by atoms with van der Waals surface area (Å²) in [6.07, 6.45) is 1.26. The summed E-state index contributed by atoms with van der Waals surface area (Å²) in [6.45, 7) is -0.0414. The summed E-state index contributed by atoms with van der Waals surface area (Å²) in [5.41, 5.74) is 1.45. The molecule has 1 aromatic carbocycles. The molecule has 0 atom stereocenters. The second-order valence-corrected chi connectivity index (χ2v) is 8.36. The first kappa shape index (κ1) is 21.6. The molecule has 0 radical (unpaired) electrons. The summed E-state index contributed by atoms with van der Waals surface area (Å²) in [6, 6.07) is 13.4. The van der Waals surface area contributed by atoms with Crippen LogP contribution in [0, 0.1) is 0 Å². The zero-order valence-corrected chi connectivity index (χ0v) is 17.9. The maximum Gasteiger partial charge on any atom is 0.266 e. The summed E-state index contributed by atoms with van der Waals surface area (Å²) in [4.78, 5) is 35.5. The molecule has 32 heavy (non-hydrogen) atoms. The van der Waals surface area contributed by atoms with Gasteiger partial charge in [-0.3, -0.25) is 9.69 Å². The molecule has 1 aliphatic rings. The lowest BCUT2D eigenvalue weighted by Crippen LogP contribution is -2.33. The van der Waals surface area contributed by atoms with Crippen molar-refractivity contribution in [3.05, 3.63) is 65.0 Å². The van der Waals surface area contributed by atoms with E-state index >= 15 is 0 Å². The van der Waals surface area contributed by atoms with Gasteiger partial charge in [0.05, 0.1) is 4.91 Å². The number of carbonyl (C=O) groups is 3. The second-order valence-electron chi connectivity index (χ2n) is 6.69. The van der Waals surface area contributed by atoms with Crippen LogP contribution in [0.4, 0.5) is 0 Å². The van der Waals surface area contributed by atoms with Crippen LogP contribution in [0.15, 0.2) is 62.3 Å². The van der Waals surface area contributed by atoms with Crippen molar-refractivity contribution in [2.24, 2.45) is 0 Å². The van der Waals surface area contributed by atoms with Crippen LogP contribution >= 0.6 is 24.0 Å².